The van der Waals surface area contributed by atoms with Crippen molar-refractivity contribution in [1.82, 2.24) is 4.98 Å². The van der Waals surface area contributed by atoms with Crippen LogP contribution in [0.1, 0.15) is 6.42 Å². The second-order valence-corrected chi connectivity index (χ2v) is 5.68. The largest absolute Gasteiger partial charge is 0.493 e. The SMILES string of the molecule is COc1ccc(NC(=O)CCNc2cccc3cccnc23)cc1OC. The van der Waals surface area contributed by atoms with Crippen molar-refractivity contribution in [3.63, 3.8) is 0 Å². The van der Waals surface area contributed by atoms with Crippen molar-refractivity contribution >= 4 is 28.2 Å². The molecule has 0 saturated carbocycles. The highest BCUT2D eigenvalue weighted by atomic mass is 16.5. The molecule has 0 aliphatic rings. The Hall–Kier alpha value is -3.28. The summed E-state index contributed by atoms with van der Waals surface area (Å²) in [6.07, 6.45) is 2.09. The third kappa shape index (κ3) is 4.03. The lowest BCUT2D eigenvalue weighted by molar-refractivity contribution is -0.115. The molecule has 0 atom stereocenters. The number of pyridine rings is 1. The van der Waals surface area contributed by atoms with Gasteiger partial charge >= 0.3 is 0 Å². The second kappa shape index (κ2) is 8.20. The molecule has 3 aromatic rings. The number of hydrogen-bond donors (Lipinski definition) is 2. The number of anilines is 2. The molecular formula is C20H21N3O3. The van der Waals surface area contributed by atoms with Crippen molar-refractivity contribution in [1.29, 1.82) is 0 Å². The Morgan fingerprint density at radius 2 is 1.85 bits per heavy atom. The maximum absolute atomic E-state index is 12.2. The summed E-state index contributed by atoms with van der Waals surface area (Å²) in [6.45, 7) is 0.509. The van der Waals surface area contributed by atoms with Crippen LogP contribution in [-0.2, 0) is 4.79 Å². The van der Waals surface area contributed by atoms with Gasteiger partial charge in [0.2, 0.25) is 5.91 Å². The molecule has 0 bridgehead atoms. The molecule has 0 aliphatic carbocycles. The van der Waals surface area contributed by atoms with E-state index in [2.05, 4.69) is 15.6 Å². The summed E-state index contributed by atoms with van der Waals surface area (Å²) in [5, 5.41) is 7.20. The van der Waals surface area contributed by atoms with Crippen molar-refractivity contribution in [2.45, 2.75) is 6.42 Å². The van der Waals surface area contributed by atoms with Gasteiger partial charge in [0.15, 0.2) is 11.5 Å². The van der Waals surface area contributed by atoms with E-state index in [1.54, 1.807) is 38.6 Å². The first-order valence-electron chi connectivity index (χ1n) is 8.31. The molecule has 6 nitrogen and oxygen atoms in total. The molecule has 1 heterocycles. The molecule has 1 aromatic heterocycles. The fourth-order valence-electron chi connectivity index (χ4n) is 2.70. The van der Waals surface area contributed by atoms with Crippen LogP contribution in [-0.4, -0.2) is 31.7 Å². The number of carbonyl (C=O) groups is 1. The number of hydrogen-bond acceptors (Lipinski definition) is 5. The van der Waals surface area contributed by atoms with Crippen LogP contribution in [0.2, 0.25) is 0 Å². The van der Waals surface area contributed by atoms with Gasteiger partial charge in [-0.1, -0.05) is 18.2 Å². The number of benzene rings is 2. The summed E-state index contributed by atoms with van der Waals surface area (Å²) in [7, 11) is 3.13. The first-order chi connectivity index (χ1) is 12.7. The monoisotopic (exact) mass is 351 g/mol. The topological polar surface area (TPSA) is 72.5 Å². The zero-order valence-corrected chi connectivity index (χ0v) is 14.8. The Morgan fingerprint density at radius 3 is 2.65 bits per heavy atom. The minimum Gasteiger partial charge on any atom is -0.493 e. The van der Waals surface area contributed by atoms with E-state index in [0.717, 1.165) is 16.6 Å². The first kappa shape index (κ1) is 17.5. The van der Waals surface area contributed by atoms with Gasteiger partial charge in [-0.3, -0.25) is 9.78 Å². The van der Waals surface area contributed by atoms with Crippen LogP contribution >= 0.6 is 0 Å². The lowest BCUT2D eigenvalue weighted by Crippen LogP contribution is -2.16. The predicted molar refractivity (Wildman–Crippen MR) is 103 cm³/mol. The van der Waals surface area contributed by atoms with Gasteiger partial charge in [0, 0.05) is 36.3 Å². The fraction of sp³-hybridized carbons (Fsp3) is 0.200. The van der Waals surface area contributed by atoms with Crippen molar-refractivity contribution in [3.8, 4) is 11.5 Å². The quantitative estimate of drug-likeness (QED) is 0.679. The van der Waals surface area contributed by atoms with E-state index >= 15 is 0 Å². The Balaban J connectivity index is 1.57. The molecule has 0 fully saturated rings. The summed E-state index contributed by atoms with van der Waals surface area (Å²) in [6, 6.07) is 15.1. The van der Waals surface area contributed by atoms with Crippen LogP contribution in [0.15, 0.2) is 54.7 Å². The van der Waals surface area contributed by atoms with Crippen molar-refractivity contribution < 1.29 is 14.3 Å². The normalized spacial score (nSPS) is 10.4. The molecule has 26 heavy (non-hydrogen) atoms. The molecule has 3 rings (SSSR count). The van der Waals surface area contributed by atoms with E-state index in [1.807, 2.05) is 30.3 Å². The Labute approximate surface area is 152 Å². The highest BCUT2D eigenvalue weighted by Gasteiger charge is 2.08. The number of amides is 1. The van der Waals surface area contributed by atoms with E-state index in [9.17, 15) is 4.79 Å². The smallest absolute Gasteiger partial charge is 0.226 e. The summed E-state index contributed by atoms with van der Waals surface area (Å²) in [5.74, 6) is 1.11. The van der Waals surface area contributed by atoms with Crippen LogP contribution in [0.3, 0.4) is 0 Å². The number of ether oxygens (including phenoxy) is 2. The summed E-state index contributed by atoms with van der Waals surface area (Å²) in [4.78, 5) is 16.6. The van der Waals surface area contributed by atoms with E-state index < -0.39 is 0 Å². The van der Waals surface area contributed by atoms with Crippen molar-refractivity contribution in [3.05, 3.63) is 54.7 Å². The molecule has 0 aliphatic heterocycles. The molecule has 2 N–H and O–H groups in total. The number of rotatable bonds is 7. The summed E-state index contributed by atoms with van der Waals surface area (Å²) < 4.78 is 10.4. The van der Waals surface area contributed by atoms with Crippen LogP contribution in [0.5, 0.6) is 11.5 Å². The minimum absolute atomic E-state index is 0.0853. The minimum atomic E-state index is -0.0853. The van der Waals surface area contributed by atoms with E-state index in [1.165, 1.54) is 0 Å². The number of carbonyl (C=O) groups excluding carboxylic acids is 1. The van der Waals surface area contributed by atoms with Crippen molar-refractivity contribution in [2.75, 3.05) is 31.4 Å². The van der Waals surface area contributed by atoms with Gasteiger partial charge in [0.25, 0.3) is 0 Å². The average Bonchev–Trinajstić information content (AvgIpc) is 2.68. The second-order valence-electron chi connectivity index (χ2n) is 5.68. The van der Waals surface area contributed by atoms with E-state index in [4.69, 9.17) is 9.47 Å². The van der Waals surface area contributed by atoms with Crippen LogP contribution in [0.4, 0.5) is 11.4 Å². The molecular weight excluding hydrogens is 330 g/mol. The zero-order valence-electron chi connectivity index (χ0n) is 14.8. The van der Waals surface area contributed by atoms with Crippen LogP contribution < -0.4 is 20.1 Å². The molecule has 0 spiro atoms. The summed E-state index contributed by atoms with van der Waals surface area (Å²) in [5.41, 5.74) is 2.48. The van der Waals surface area contributed by atoms with Gasteiger partial charge < -0.3 is 20.1 Å². The van der Waals surface area contributed by atoms with Gasteiger partial charge in [-0.25, -0.2) is 0 Å². The zero-order chi connectivity index (χ0) is 18.4. The number of nitrogens with zero attached hydrogens (tertiary/aromatic N) is 1. The predicted octanol–water partition coefficient (Wildman–Crippen LogP) is 3.69. The maximum atomic E-state index is 12.2. The molecule has 6 heteroatoms. The van der Waals surface area contributed by atoms with Crippen LogP contribution in [0, 0.1) is 0 Å². The van der Waals surface area contributed by atoms with Gasteiger partial charge in [-0.2, -0.15) is 0 Å². The standard InChI is InChI=1S/C20H21N3O3/c1-25-17-9-8-15(13-18(17)26-2)23-19(24)10-12-21-16-7-3-5-14-6-4-11-22-20(14)16/h3-9,11,13,21H,10,12H2,1-2H3,(H,23,24). The third-order valence-electron chi connectivity index (χ3n) is 3.97. The lowest BCUT2D eigenvalue weighted by Gasteiger charge is -2.11. The summed E-state index contributed by atoms with van der Waals surface area (Å²) >= 11 is 0. The highest BCUT2D eigenvalue weighted by molar-refractivity contribution is 5.92. The van der Waals surface area contributed by atoms with E-state index in [-0.39, 0.29) is 5.91 Å². The molecule has 134 valence electrons. The lowest BCUT2D eigenvalue weighted by atomic mass is 10.2. The number of aromatic nitrogens is 1. The molecule has 0 saturated heterocycles. The van der Waals surface area contributed by atoms with Crippen molar-refractivity contribution in [2.24, 2.45) is 0 Å². The number of para-hydroxylation sites is 1. The maximum Gasteiger partial charge on any atom is 0.226 e. The third-order valence-corrected chi connectivity index (χ3v) is 3.97. The number of nitrogens with one attached hydrogen (secondary N) is 2. The number of methoxy groups -OCH3 is 2. The average molecular weight is 351 g/mol. The fourth-order valence-corrected chi connectivity index (χ4v) is 2.70. The van der Waals surface area contributed by atoms with Gasteiger partial charge in [0.1, 0.15) is 0 Å². The van der Waals surface area contributed by atoms with E-state index in [0.29, 0.717) is 30.2 Å². The van der Waals surface area contributed by atoms with Crippen LogP contribution in [0.25, 0.3) is 10.9 Å². The molecule has 0 radical (unpaired) electrons. The van der Waals surface area contributed by atoms with Gasteiger partial charge in [-0.05, 0) is 24.3 Å². The molecule has 0 unspecified atom stereocenters. The van der Waals surface area contributed by atoms with Gasteiger partial charge in [0.05, 0.1) is 25.4 Å². The molecule has 1 amide bonds. The molecule has 2 aromatic carbocycles. The Kier molecular flexibility index (Phi) is 5.53. The van der Waals surface area contributed by atoms with Gasteiger partial charge in [-0.15, -0.1) is 0 Å². The first-order valence-corrected chi connectivity index (χ1v) is 8.31. The Morgan fingerprint density at radius 1 is 1.04 bits per heavy atom. The number of fused-ring (bicyclic) bond motifs is 1. The highest BCUT2D eigenvalue weighted by Crippen LogP contribution is 2.29. The Bertz CT molecular complexity index is 906.